The summed E-state index contributed by atoms with van der Waals surface area (Å²) in [5.74, 6) is 0.383. The normalized spacial score (nSPS) is 21.9. The fourth-order valence-corrected chi connectivity index (χ4v) is 3.76. The topological polar surface area (TPSA) is 75.9 Å². The summed E-state index contributed by atoms with van der Waals surface area (Å²) >= 11 is 0. The number of anilines is 1. The molecule has 2 N–H and O–H groups in total. The van der Waals surface area contributed by atoms with Crippen LogP contribution in [-0.2, 0) is 10.0 Å². The number of sulfonamides is 1. The molecule has 1 aliphatic heterocycles. The molecule has 1 unspecified atom stereocenters. The summed E-state index contributed by atoms with van der Waals surface area (Å²) < 4.78 is 31.9. The van der Waals surface area contributed by atoms with Crippen LogP contribution in [0.1, 0.15) is 6.92 Å². The molecule has 0 spiro atoms. The Balaban J connectivity index is 2.31. The monoisotopic (exact) mass is 299 g/mol. The van der Waals surface area contributed by atoms with Crippen LogP contribution in [0.15, 0.2) is 23.1 Å². The van der Waals surface area contributed by atoms with Crippen molar-refractivity contribution in [2.75, 3.05) is 39.5 Å². The molecule has 7 heteroatoms. The van der Waals surface area contributed by atoms with Gasteiger partial charge in [0.2, 0.25) is 10.0 Å². The molecule has 6 nitrogen and oxygen atoms in total. The lowest BCUT2D eigenvalue weighted by Crippen LogP contribution is -2.51. The SMILES string of the molecule is COc1cc(S(=O)(=O)N2CCN(C)C(C)C2)ccc1N. The van der Waals surface area contributed by atoms with E-state index in [-0.39, 0.29) is 10.9 Å². The number of likely N-dealkylation sites (N-methyl/N-ethyl adjacent to an activating group) is 1. The first-order chi connectivity index (χ1) is 9.36. The number of nitrogen functional groups attached to an aromatic ring is 1. The van der Waals surface area contributed by atoms with Gasteiger partial charge in [-0.25, -0.2) is 8.42 Å². The summed E-state index contributed by atoms with van der Waals surface area (Å²) in [4.78, 5) is 2.37. The Morgan fingerprint density at radius 1 is 1.35 bits per heavy atom. The Kier molecular flexibility index (Phi) is 4.22. The number of nitrogens with two attached hydrogens (primary N) is 1. The number of piperazine rings is 1. The highest BCUT2D eigenvalue weighted by atomic mass is 32.2. The number of methoxy groups -OCH3 is 1. The molecule has 1 heterocycles. The number of hydrogen-bond donors (Lipinski definition) is 1. The molecule has 0 aliphatic carbocycles. The Morgan fingerprint density at radius 2 is 2.05 bits per heavy atom. The van der Waals surface area contributed by atoms with Gasteiger partial charge in [-0.2, -0.15) is 4.31 Å². The first-order valence-electron chi connectivity index (χ1n) is 6.50. The molecule has 1 aromatic rings. The van der Waals surface area contributed by atoms with E-state index in [0.29, 0.717) is 24.5 Å². The first-order valence-corrected chi connectivity index (χ1v) is 7.94. The van der Waals surface area contributed by atoms with Crippen LogP contribution in [0.4, 0.5) is 5.69 Å². The van der Waals surface area contributed by atoms with Crippen molar-refractivity contribution in [3.63, 3.8) is 0 Å². The molecule has 0 aromatic heterocycles. The zero-order valence-electron chi connectivity index (χ0n) is 12.0. The molecule has 1 aromatic carbocycles. The van der Waals surface area contributed by atoms with Crippen molar-refractivity contribution in [3.05, 3.63) is 18.2 Å². The fourth-order valence-electron chi connectivity index (χ4n) is 2.23. The maximum absolute atomic E-state index is 12.6. The van der Waals surface area contributed by atoms with Crippen LogP contribution < -0.4 is 10.5 Å². The van der Waals surface area contributed by atoms with E-state index in [9.17, 15) is 8.42 Å². The summed E-state index contributed by atoms with van der Waals surface area (Å²) in [6, 6.07) is 4.77. The predicted molar refractivity (Wildman–Crippen MR) is 78.3 cm³/mol. The van der Waals surface area contributed by atoms with Crippen molar-refractivity contribution in [1.29, 1.82) is 0 Å². The molecule has 0 amide bonds. The Morgan fingerprint density at radius 3 is 2.65 bits per heavy atom. The molecule has 112 valence electrons. The van der Waals surface area contributed by atoms with Crippen LogP contribution in [0.3, 0.4) is 0 Å². The van der Waals surface area contributed by atoms with Crippen LogP contribution >= 0.6 is 0 Å². The lowest BCUT2D eigenvalue weighted by atomic mass is 10.2. The minimum Gasteiger partial charge on any atom is -0.495 e. The molecule has 2 rings (SSSR count). The van der Waals surface area contributed by atoms with Crippen LogP contribution in [0.25, 0.3) is 0 Å². The molecule has 20 heavy (non-hydrogen) atoms. The maximum atomic E-state index is 12.6. The highest BCUT2D eigenvalue weighted by molar-refractivity contribution is 7.89. The molecule has 0 saturated carbocycles. The molecule has 1 fully saturated rings. The van der Waals surface area contributed by atoms with E-state index in [1.54, 1.807) is 6.07 Å². The third-order valence-corrected chi connectivity index (χ3v) is 5.63. The average molecular weight is 299 g/mol. The van der Waals surface area contributed by atoms with E-state index in [1.807, 2.05) is 14.0 Å². The molecule has 0 radical (unpaired) electrons. The quantitative estimate of drug-likeness (QED) is 0.827. The van der Waals surface area contributed by atoms with E-state index >= 15 is 0 Å². The van der Waals surface area contributed by atoms with Gasteiger partial charge in [0.15, 0.2) is 0 Å². The van der Waals surface area contributed by atoms with E-state index < -0.39 is 10.0 Å². The molecule has 0 bridgehead atoms. The molecular formula is C13H21N3O3S. The van der Waals surface area contributed by atoms with Gasteiger partial charge in [0.25, 0.3) is 0 Å². The predicted octanol–water partition coefficient (Wildman–Crippen LogP) is 0.602. The van der Waals surface area contributed by atoms with E-state index in [2.05, 4.69) is 4.90 Å². The van der Waals surface area contributed by atoms with Gasteiger partial charge < -0.3 is 15.4 Å². The Labute approximate surface area is 120 Å². The Hall–Kier alpha value is -1.31. The average Bonchev–Trinajstić information content (AvgIpc) is 2.42. The minimum absolute atomic E-state index is 0.203. The van der Waals surface area contributed by atoms with Gasteiger partial charge in [-0.05, 0) is 26.1 Å². The largest absolute Gasteiger partial charge is 0.495 e. The smallest absolute Gasteiger partial charge is 0.243 e. The lowest BCUT2D eigenvalue weighted by molar-refractivity contribution is 0.159. The number of nitrogens with zero attached hydrogens (tertiary/aromatic N) is 2. The highest BCUT2D eigenvalue weighted by Gasteiger charge is 2.31. The van der Waals surface area contributed by atoms with Crippen molar-refractivity contribution in [3.8, 4) is 5.75 Å². The zero-order chi connectivity index (χ0) is 14.9. The minimum atomic E-state index is -3.50. The number of hydrogen-bond acceptors (Lipinski definition) is 5. The van der Waals surface area contributed by atoms with Crippen LogP contribution in [0, 0.1) is 0 Å². The molecule has 1 atom stereocenters. The van der Waals surface area contributed by atoms with Gasteiger partial charge in [0, 0.05) is 31.7 Å². The van der Waals surface area contributed by atoms with Gasteiger partial charge in [-0.1, -0.05) is 0 Å². The summed E-state index contributed by atoms with van der Waals surface area (Å²) in [5.41, 5.74) is 6.15. The van der Waals surface area contributed by atoms with Crippen molar-refractivity contribution in [2.45, 2.75) is 17.9 Å². The van der Waals surface area contributed by atoms with Gasteiger partial charge in [-0.3, -0.25) is 0 Å². The summed E-state index contributed by atoms with van der Waals surface area (Å²) in [6.45, 7) is 3.74. The summed E-state index contributed by atoms with van der Waals surface area (Å²) in [6.07, 6.45) is 0. The zero-order valence-corrected chi connectivity index (χ0v) is 12.9. The van der Waals surface area contributed by atoms with Gasteiger partial charge in [0.1, 0.15) is 5.75 Å². The number of benzene rings is 1. The number of rotatable bonds is 3. The van der Waals surface area contributed by atoms with E-state index in [1.165, 1.54) is 23.5 Å². The lowest BCUT2D eigenvalue weighted by Gasteiger charge is -2.36. The van der Waals surface area contributed by atoms with Crippen molar-refractivity contribution in [1.82, 2.24) is 9.21 Å². The second-order valence-electron chi connectivity index (χ2n) is 5.10. The molecular weight excluding hydrogens is 278 g/mol. The van der Waals surface area contributed by atoms with Crippen molar-refractivity contribution in [2.24, 2.45) is 0 Å². The molecule has 1 saturated heterocycles. The van der Waals surface area contributed by atoms with Gasteiger partial charge in [0.05, 0.1) is 17.7 Å². The van der Waals surface area contributed by atoms with Crippen molar-refractivity contribution < 1.29 is 13.2 Å². The van der Waals surface area contributed by atoms with Gasteiger partial charge in [-0.15, -0.1) is 0 Å². The third-order valence-electron chi connectivity index (χ3n) is 3.77. The standard InChI is InChI=1S/C13H21N3O3S/c1-10-9-16(7-6-15(10)2)20(17,18)11-4-5-12(14)13(8-11)19-3/h4-5,8,10H,6-7,9,14H2,1-3H3. The van der Waals surface area contributed by atoms with E-state index in [0.717, 1.165) is 6.54 Å². The number of ether oxygens (including phenoxy) is 1. The van der Waals surface area contributed by atoms with Crippen molar-refractivity contribution >= 4 is 15.7 Å². The van der Waals surface area contributed by atoms with Crippen LogP contribution in [-0.4, -0.2) is 57.5 Å². The second-order valence-corrected chi connectivity index (χ2v) is 7.03. The summed E-state index contributed by atoms with van der Waals surface area (Å²) in [7, 11) is -0.0235. The van der Waals surface area contributed by atoms with E-state index in [4.69, 9.17) is 10.5 Å². The first kappa shape index (κ1) is 15.1. The Bertz CT molecular complexity index is 589. The van der Waals surface area contributed by atoms with Gasteiger partial charge >= 0.3 is 0 Å². The fraction of sp³-hybridized carbons (Fsp3) is 0.538. The van der Waals surface area contributed by atoms with Crippen LogP contribution in [0.5, 0.6) is 5.75 Å². The maximum Gasteiger partial charge on any atom is 0.243 e. The third kappa shape index (κ3) is 2.74. The second kappa shape index (κ2) is 5.59. The molecule has 1 aliphatic rings. The highest BCUT2D eigenvalue weighted by Crippen LogP contribution is 2.27. The summed E-state index contributed by atoms with van der Waals surface area (Å²) in [5, 5.41) is 0. The van der Waals surface area contributed by atoms with Crippen LogP contribution in [0.2, 0.25) is 0 Å².